The van der Waals surface area contributed by atoms with Gasteiger partial charge in [0.05, 0.1) is 17.3 Å². The van der Waals surface area contributed by atoms with Gasteiger partial charge in [-0.25, -0.2) is 4.79 Å². The average Bonchev–Trinajstić information content (AvgIpc) is 2.24. The fourth-order valence-corrected chi connectivity index (χ4v) is 1.37. The van der Waals surface area contributed by atoms with Gasteiger partial charge in [0.1, 0.15) is 0 Å². The molecule has 15 heavy (non-hydrogen) atoms. The summed E-state index contributed by atoms with van der Waals surface area (Å²) in [5.74, 6) is -0.378. The molecule has 0 atom stereocenters. The zero-order valence-electron chi connectivity index (χ0n) is 8.24. The molecule has 0 aliphatic heterocycles. The second-order valence-electron chi connectivity index (χ2n) is 2.82. The van der Waals surface area contributed by atoms with Crippen molar-refractivity contribution in [2.45, 2.75) is 6.42 Å². The molecule has 80 valence electrons. The molecule has 0 radical (unpaired) electrons. The van der Waals surface area contributed by atoms with E-state index in [1.54, 1.807) is 18.5 Å². The van der Waals surface area contributed by atoms with Gasteiger partial charge in [-0.15, -0.1) is 0 Å². The standard InChI is InChI=1S/C10H11BrN2O2/c1-15-9(14)4-2-3-7-5-13-6-8(11)10(7)12/h2,4-6H,3H2,1H3,(H2,12,13)/b4-2+. The number of nitrogen functional groups attached to an aromatic ring is 1. The largest absolute Gasteiger partial charge is 0.466 e. The fourth-order valence-electron chi connectivity index (χ4n) is 0.998. The number of allylic oxidation sites excluding steroid dienone is 1. The molecule has 0 saturated carbocycles. The first-order valence-electron chi connectivity index (χ1n) is 4.27. The van der Waals surface area contributed by atoms with Crippen molar-refractivity contribution in [3.63, 3.8) is 0 Å². The molecular weight excluding hydrogens is 260 g/mol. The minimum absolute atomic E-state index is 0.378. The molecule has 5 heteroatoms. The summed E-state index contributed by atoms with van der Waals surface area (Å²) in [7, 11) is 1.34. The lowest BCUT2D eigenvalue weighted by Gasteiger charge is -2.03. The molecule has 1 aromatic heterocycles. The molecule has 4 nitrogen and oxygen atoms in total. The monoisotopic (exact) mass is 270 g/mol. The molecule has 1 rings (SSSR count). The first-order chi connectivity index (χ1) is 7.15. The quantitative estimate of drug-likeness (QED) is 0.671. The number of nitrogens with zero attached hydrogens (tertiary/aromatic N) is 1. The minimum atomic E-state index is -0.378. The Labute approximate surface area is 96.3 Å². The van der Waals surface area contributed by atoms with Gasteiger partial charge in [0.15, 0.2) is 0 Å². The summed E-state index contributed by atoms with van der Waals surface area (Å²) in [5, 5.41) is 0. The van der Waals surface area contributed by atoms with Crippen molar-refractivity contribution < 1.29 is 9.53 Å². The Morgan fingerprint density at radius 3 is 3.07 bits per heavy atom. The molecule has 0 aliphatic rings. The van der Waals surface area contributed by atoms with E-state index in [-0.39, 0.29) is 5.97 Å². The summed E-state index contributed by atoms with van der Waals surface area (Å²) in [5.41, 5.74) is 7.30. The number of esters is 1. The molecule has 1 aromatic rings. The summed E-state index contributed by atoms with van der Waals surface area (Å²) in [6, 6.07) is 0. The van der Waals surface area contributed by atoms with E-state index in [0.29, 0.717) is 12.1 Å². The van der Waals surface area contributed by atoms with Gasteiger partial charge < -0.3 is 10.5 Å². The van der Waals surface area contributed by atoms with E-state index >= 15 is 0 Å². The van der Waals surface area contributed by atoms with Gasteiger partial charge in [0.25, 0.3) is 0 Å². The third-order valence-corrected chi connectivity index (χ3v) is 2.45. The van der Waals surface area contributed by atoms with E-state index < -0.39 is 0 Å². The molecule has 2 N–H and O–H groups in total. The van der Waals surface area contributed by atoms with Gasteiger partial charge in [-0.1, -0.05) is 6.08 Å². The van der Waals surface area contributed by atoms with Gasteiger partial charge in [-0.05, 0) is 27.9 Å². The minimum Gasteiger partial charge on any atom is -0.466 e. The highest BCUT2D eigenvalue weighted by Gasteiger charge is 2.01. The third-order valence-electron chi connectivity index (χ3n) is 1.81. The van der Waals surface area contributed by atoms with Crippen LogP contribution in [-0.4, -0.2) is 18.1 Å². The molecule has 0 fully saturated rings. The van der Waals surface area contributed by atoms with Crippen LogP contribution in [-0.2, 0) is 16.0 Å². The van der Waals surface area contributed by atoms with Crippen molar-refractivity contribution in [3.05, 3.63) is 34.6 Å². The second kappa shape index (κ2) is 5.50. The number of halogens is 1. The van der Waals surface area contributed by atoms with Gasteiger partial charge in [-0.3, -0.25) is 4.98 Å². The maximum Gasteiger partial charge on any atom is 0.330 e. The number of nitrogens with two attached hydrogens (primary N) is 1. The van der Waals surface area contributed by atoms with Crippen LogP contribution in [0.25, 0.3) is 0 Å². The Morgan fingerprint density at radius 1 is 1.67 bits per heavy atom. The highest BCUT2D eigenvalue weighted by molar-refractivity contribution is 9.10. The first-order valence-corrected chi connectivity index (χ1v) is 5.06. The molecule has 0 unspecified atom stereocenters. The summed E-state index contributed by atoms with van der Waals surface area (Å²) >= 11 is 3.28. The van der Waals surface area contributed by atoms with Crippen LogP contribution in [0.5, 0.6) is 0 Å². The maximum absolute atomic E-state index is 10.8. The number of hydrogen-bond acceptors (Lipinski definition) is 4. The van der Waals surface area contributed by atoms with E-state index in [9.17, 15) is 4.79 Å². The van der Waals surface area contributed by atoms with Crippen LogP contribution in [0.1, 0.15) is 5.56 Å². The molecular formula is C10H11BrN2O2. The van der Waals surface area contributed by atoms with Crippen molar-refractivity contribution in [2.24, 2.45) is 0 Å². The Kier molecular flexibility index (Phi) is 4.30. The van der Waals surface area contributed by atoms with E-state index in [1.165, 1.54) is 13.2 Å². The Hall–Kier alpha value is -1.36. The molecule has 0 bridgehead atoms. The summed E-state index contributed by atoms with van der Waals surface area (Å²) in [6.45, 7) is 0. The second-order valence-corrected chi connectivity index (χ2v) is 3.68. The van der Waals surface area contributed by atoms with Crippen molar-refractivity contribution >= 4 is 27.6 Å². The number of methoxy groups -OCH3 is 1. The van der Waals surface area contributed by atoms with Crippen molar-refractivity contribution in [2.75, 3.05) is 12.8 Å². The Morgan fingerprint density at radius 2 is 2.40 bits per heavy atom. The van der Waals surface area contributed by atoms with Crippen molar-refractivity contribution in [1.82, 2.24) is 4.98 Å². The lowest BCUT2D eigenvalue weighted by Crippen LogP contribution is -1.97. The molecule has 0 amide bonds. The fraction of sp³-hybridized carbons (Fsp3) is 0.200. The van der Waals surface area contributed by atoms with Crippen LogP contribution < -0.4 is 5.73 Å². The number of pyridine rings is 1. The lowest BCUT2D eigenvalue weighted by atomic mass is 10.1. The number of rotatable bonds is 3. The number of carbonyl (C=O) groups excluding carboxylic acids is 1. The van der Waals surface area contributed by atoms with E-state index in [4.69, 9.17) is 5.73 Å². The summed E-state index contributed by atoms with van der Waals surface area (Å²) in [6.07, 6.45) is 6.89. The molecule has 0 saturated heterocycles. The van der Waals surface area contributed by atoms with Crippen LogP contribution in [0.3, 0.4) is 0 Å². The SMILES string of the molecule is COC(=O)/C=C/Cc1cncc(Br)c1N. The smallest absolute Gasteiger partial charge is 0.330 e. The molecule has 0 aliphatic carbocycles. The van der Waals surface area contributed by atoms with Gasteiger partial charge in [0, 0.05) is 18.5 Å². The number of anilines is 1. The normalized spacial score (nSPS) is 10.5. The highest BCUT2D eigenvalue weighted by atomic mass is 79.9. The lowest BCUT2D eigenvalue weighted by molar-refractivity contribution is -0.134. The number of hydrogen-bond donors (Lipinski definition) is 1. The third kappa shape index (κ3) is 3.36. The van der Waals surface area contributed by atoms with Gasteiger partial charge in [0.2, 0.25) is 0 Å². The van der Waals surface area contributed by atoms with Crippen LogP contribution in [0, 0.1) is 0 Å². The predicted molar refractivity (Wildman–Crippen MR) is 61.2 cm³/mol. The Balaban J connectivity index is 2.70. The Bertz CT molecular complexity index is 391. The van der Waals surface area contributed by atoms with E-state index in [1.807, 2.05) is 0 Å². The zero-order valence-corrected chi connectivity index (χ0v) is 9.82. The predicted octanol–water partition coefficient (Wildman–Crippen LogP) is 1.70. The molecule has 0 spiro atoms. The van der Waals surface area contributed by atoms with Crippen molar-refractivity contribution in [3.8, 4) is 0 Å². The van der Waals surface area contributed by atoms with Crippen LogP contribution in [0.2, 0.25) is 0 Å². The maximum atomic E-state index is 10.8. The summed E-state index contributed by atoms with van der Waals surface area (Å²) in [4.78, 5) is 14.8. The number of carbonyl (C=O) groups is 1. The summed E-state index contributed by atoms with van der Waals surface area (Å²) < 4.78 is 5.22. The molecule has 1 heterocycles. The van der Waals surface area contributed by atoms with Crippen molar-refractivity contribution in [1.29, 1.82) is 0 Å². The zero-order chi connectivity index (χ0) is 11.3. The highest BCUT2D eigenvalue weighted by Crippen LogP contribution is 2.21. The van der Waals surface area contributed by atoms with Crippen LogP contribution >= 0.6 is 15.9 Å². The van der Waals surface area contributed by atoms with Gasteiger partial charge in [-0.2, -0.15) is 0 Å². The van der Waals surface area contributed by atoms with Gasteiger partial charge >= 0.3 is 5.97 Å². The van der Waals surface area contributed by atoms with E-state index in [2.05, 4.69) is 25.7 Å². The van der Waals surface area contributed by atoms with Crippen LogP contribution in [0.4, 0.5) is 5.69 Å². The topological polar surface area (TPSA) is 65.2 Å². The molecule has 0 aromatic carbocycles. The van der Waals surface area contributed by atoms with Crippen LogP contribution in [0.15, 0.2) is 29.0 Å². The first kappa shape index (κ1) is 11.7. The number of ether oxygens (including phenoxy) is 1. The number of aromatic nitrogens is 1. The van der Waals surface area contributed by atoms with E-state index in [0.717, 1.165) is 10.0 Å². The average molecular weight is 271 g/mol.